The van der Waals surface area contributed by atoms with Crippen molar-refractivity contribution in [3.8, 4) is 0 Å². The van der Waals surface area contributed by atoms with Gasteiger partial charge in [0, 0.05) is 5.92 Å². The fourth-order valence-electron chi connectivity index (χ4n) is 3.54. The highest BCUT2D eigenvalue weighted by Gasteiger charge is 2.51. The summed E-state index contributed by atoms with van der Waals surface area (Å²) < 4.78 is 5.24. The molecule has 0 bridgehead atoms. The van der Waals surface area contributed by atoms with Crippen LogP contribution in [0.25, 0.3) is 0 Å². The molecule has 5 heteroatoms. The lowest BCUT2D eigenvalue weighted by Crippen LogP contribution is -2.56. The third-order valence-corrected chi connectivity index (χ3v) is 4.78. The summed E-state index contributed by atoms with van der Waals surface area (Å²) >= 11 is 0. The Morgan fingerprint density at radius 2 is 1.72 bits per heavy atom. The number of aliphatic carboxylic acids is 1. The maximum atomic E-state index is 12.3. The lowest BCUT2D eigenvalue weighted by Gasteiger charge is -2.32. The molecule has 5 nitrogen and oxygen atoms in total. The minimum Gasteiger partial charge on any atom is -0.479 e. The van der Waals surface area contributed by atoms with Gasteiger partial charge < -0.3 is 15.2 Å². The van der Waals surface area contributed by atoms with E-state index in [1.807, 2.05) is 60.7 Å². The SMILES string of the molecule is O=C(N[C@@]1(C(=O)O)CCC[C@H]1c1ccccc1)OCc1ccccc1. The number of hydrogen-bond donors (Lipinski definition) is 2. The van der Waals surface area contributed by atoms with Crippen molar-refractivity contribution in [2.75, 3.05) is 0 Å². The van der Waals surface area contributed by atoms with Crippen LogP contribution in [0.15, 0.2) is 60.7 Å². The molecule has 25 heavy (non-hydrogen) atoms. The second kappa shape index (κ2) is 7.38. The lowest BCUT2D eigenvalue weighted by atomic mass is 9.82. The van der Waals surface area contributed by atoms with Gasteiger partial charge in [0.25, 0.3) is 0 Å². The van der Waals surface area contributed by atoms with Crippen LogP contribution in [0.2, 0.25) is 0 Å². The maximum Gasteiger partial charge on any atom is 0.408 e. The highest BCUT2D eigenvalue weighted by molar-refractivity contribution is 5.86. The van der Waals surface area contributed by atoms with E-state index in [0.717, 1.165) is 24.0 Å². The van der Waals surface area contributed by atoms with Crippen molar-refractivity contribution in [2.24, 2.45) is 0 Å². The van der Waals surface area contributed by atoms with E-state index < -0.39 is 17.6 Å². The number of carboxylic acid groups (broad SMARTS) is 1. The zero-order valence-electron chi connectivity index (χ0n) is 13.9. The fraction of sp³-hybridized carbons (Fsp3) is 0.300. The van der Waals surface area contributed by atoms with E-state index in [9.17, 15) is 14.7 Å². The summed E-state index contributed by atoms with van der Waals surface area (Å²) in [5, 5.41) is 12.5. The number of rotatable bonds is 5. The Labute approximate surface area is 146 Å². The minimum absolute atomic E-state index is 0.110. The molecule has 1 fully saturated rings. The number of alkyl carbamates (subject to hydrolysis) is 1. The third kappa shape index (κ3) is 3.65. The van der Waals surface area contributed by atoms with Gasteiger partial charge in [-0.2, -0.15) is 0 Å². The van der Waals surface area contributed by atoms with Gasteiger partial charge in [-0.15, -0.1) is 0 Å². The molecule has 2 N–H and O–H groups in total. The summed E-state index contributed by atoms with van der Waals surface area (Å²) in [7, 11) is 0. The van der Waals surface area contributed by atoms with Crippen LogP contribution in [0.3, 0.4) is 0 Å². The van der Waals surface area contributed by atoms with Crippen molar-refractivity contribution in [3.63, 3.8) is 0 Å². The number of ether oxygens (including phenoxy) is 1. The first-order valence-corrected chi connectivity index (χ1v) is 8.39. The number of carbonyl (C=O) groups is 2. The van der Waals surface area contributed by atoms with E-state index >= 15 is 0 Å². The molecule has 130 valence electrons. The molecular formula is C20H21NO4. The molecule has 2 aromatic rings. The number of carbonyl (C=O) groups excluding carboxylic acids is 1. The number of nitrogens with one attached hydrogen (secondary N) is 1. The molecule has 0 radical (unpaired) electrons. The van der Waals surface area contributed by atoms with Crippen molar-refractivity contribution < 1.29 is 19.4 Å². The Morgan fingerprint density at radius 3 is 2.36 bits per heavy atom. The summed E-state index contributed by atoms with van der Waals surface area (Å²) in [6, 6.07) is 18.8. The molecule has 0 aliphatic heterocycles. The first kappa shape index (κ1) is 17.0. The minimum atomic E-state index is -1.32. The topological polar surface area (TPSA) is 75.6 Å². The summed E-state index contributed by atoms with van der Waals surface area (Å²) in [4.78, 5) is 24.3. The summed E-state index contributed by atoms with van der Waals surface area (Å²) in [5.74, 6) is -1.29. The van der Waals surface area contributed by atoms with Gasteiger partial charge >= 0.3 is 12.1 Å². The van der Waals surface area contributed by atoms with Crippen molar-refractivity contribution >= 4 is 12.1 Å². The van der Waals surface area contributed by atoms with Crippen LogP contribution in [-0.2, 0) is 16.1 Å². The Balaban J connectivity index is 1.74. The zero-order chi connectivity index (χ0) is 17.7. The van der Waals surface area contributed by atoms with Gasteiger partial charge in [-0.3, -0.25) is 0 Å². The molecule has 0 saturated heterocycles. The fourth-order valence-corrected chi connectivity index (χ4v) is 3.54. The molecule has 1 aliphatic carbocycles. The standard InChI is InChI=1S/C20H21NO4/c22-18(23)20(13-7-12-17(20)16-10-5-2-6-11-16)21-19(24)25-14-15-8-3-1-4-9-15/h1-6,8-11,17H,7,12-14H2,(H,21,24)(H,22,23)/t17-,20-/m0/s1. The van der Waals surface area contributed by atoms with Crippen LogP contribution in [0.5, 0.6) is 0 Å². The van der Waals surface area contributed by atoms with Gasteiger partial charge in [0.15, 0.2) is 0 Å². The van der Waals surface area contributed by atoms with E-state index in [1.54, 1.807) is 0 Å². The molecule has 1 amide bonds. The Morgan fingerprint density at radius 1 is 1.08 bits per heavy atom. The Kier molecular flexibility index (Phi) is 5.03. The van der Waals surface area contributed by atoms with Crippen molar-refractivity contribution in [1.82, 2.24) is 5.32 Å². The monoisotopic (exact) mass is 339 g/mol. The van der Waals surface area contributed by atoms with Crippen LogP contribution in [0.4, 0.5) is 4.79 Å². The van der Waals surface area contributed by atoms with Crippen LogP contribution < -0.4 is 5.32 Å². The number of amides is 1. The second-order valence-electron chi connectivity index (χ2n) is 6.32. The van der Waals surface area contributed by atoms with E-state index in [1.165, 1.54) is 0 Å². The van der Waals surface area contributed by atoms with E-state index in [4.69, 9.17) is 4.74 Å². The summed E-state index contributed by atoms with van der Waals surface area (Å²) in [5.41, 5.74) is 0.452. The van der Waals surface area contributed by atoms with E-state index in [0.29, 0.717) is 6.42 Å². The van der Waals surface area contributed by atoms with Crippen molar-refractivity contribution in [3.05, 3.63) is 71.8 Å². The second-order valence-corrected chi connectivity index (χ2v) is 6.32. The molecule has 0 aromatic heterocycles. The average molecular weight is 339 g/mol. The maximum absolute atomic E-state index is 12.3. The van der Waals surface area contributed by atoms with Gasteiger partial charge in [0.1, 0.15) is 12.1 Å². The Hall–Kier alpha value is -2.82. The highest BCUT2D eigenvalue weighted by Crippen LogP contribution is 2.43. The predicted molar refractivity (Wildman–Crippen MR) is 93.2 cm³/mol. The molecular weight excluding hydrogens is 318 g/mol. The van der Waals surface area contributed by atoms with Crippen LogP contribution >= 0.6 is 0 Å². The zero-order valence-corrected chi connectivity index (χ0v) is 13.9. The molecule has 2 atom stereocenters. The summed E-state index contributed by atoms with van der Waals surface area (Å²) in [6.07, 6.45) is 1.15. The molecule has 1 saturated carbocycles. The normalized spacial score (nSPS) is 22.3. The average Bonchev–Trinajstić information content (AvgIpc) is 3.06. The van der Waals surface area contributed by atoms with Gasteiger partial charge in [-0.05, 0) is 30.4 Å². The third-order valence-electron chi connectivity index (χ3n) is 4.78. The number of benzene rings is 2. The number of carboxylic acids is 1. The molecule has 0 unspecified atom stereocenters. The van der Waals surface area contributed by atoms with Crippen LogP contribution in [0.1, 0.15) is 36.3 Å². The van der Waals surface area contributed by atoms with E-state index in [2.05, 4.69) is 5.32 Å². The lowest BCUT2D eigenvalue weighted by molar-refractivity contribution is -0.145. The Bertz CT molecular complexity index is 732. The number of hydrogen-bond acceptors (Lipinski definition) is 3. The summed E-state index contributed by atoms with van der Waals surface area (Å²) in [6.45, 7) is 0.110. The van der Waals surface area contributed by atoms with Gasteiger partial charge in [0.2, 0.25) is 0 Å². The molecule has 0 spiro atoms. The van der Waals surface area contributed by atoms with Crippen LogP contribution in [-0.4, -0.2) is 22.7 Å². The molecule has 2 aromatic carbocycles. The van der Waals surface area contributed by atoms with E-state index in [-0.39, 0.29) is 12.5 Å². The molecule has 1 aliphatic rings. The molecule has 3 rings (SSSR count). The van der Waals surface area contributed by atoms with Gasteiger partial charge in [0.05, 0.1) is 0 Å². The van der Waals surface area contributed by atoms with Gasteiger partial charge in [-0.25, -0.2) is 9.59 Å². The van der Waals surface area contributed by atoms with Gasteiger partial charge in [-0.1, -0.05) is 60.7 Å². The predicted octanol–water partition coefficient (Wildman–Crippen LogP) is 3.70. The quantitative estimate of drug-likeness (QED) is 0.871. The highest BCUT2D eigenvalue weighted by atomic mass is 16.5. The first-order valence-electron chi connectivity index (χ1n) is 8.39. The first-order chi connectivity index (χ1) is 12.1. The van der Waals surface area contributed by atoms with Crippen molar-refractivity contribution in [2.45, 2.75) is 37.3 Å². The largest absolute Gasteiger partial charge is 0.479 e. The molecule has 0 heterocycles. The van der Waals surface area contributed by atoms with Crippen LogP contribution in [0, 0.1) is 0 Å². The smallest absolute Gasteiger partial charge is 0.408 e. The van der Waals surface area contributed by atoms with Crippen molar-refractivity contribution in [1.29, 1.82) is 0 Å².